The third-order valence-corrected chi connectivity index (χ3v) is 2.49. The van der Waals surface area contributed by atoms with Crippen LogP contribution in [0.4, 0.5) is 0 Å². The number of nitrogens with two attached hydrogens (primary N) is 1. The molecule has 0 saturated carbocycles. The molecule has 2 N–H and O–H groups in total. The second-order valence-electron chi connectivity index (χ2n) is 3.99. The van der Waals surface area contributed by atoms with Crippen LogP contribution in [0.1, 0.15) is 18.2 Å². The standard InChI is InChI=1S/C11H14ClN3/c1-7-3-9(12)5-15-6-10(4-8(2)13)14-11(7)15/h3,5-6,8H,4,13H2,1-2H3. The second kappa shape index (κ2) is 3.83. The number of hydrogen-bond acceptors (Lipinski definition) is 2. The van der Waals surface area contributed by atoms with Gasteiger partial charge in [-0.25, -0.2) is 4.98 Å². The van der Waals surface area contributed by atoms with E-state index in [0.717, 1.165) is 28.3 Å². The van der Waals surface area contributed by atoms with E-state index in [4.69, 9.17) is 17.3 Å². The zero-order valence-corrected chi connectivity index (χ0v) is 9.62. The Hall–Kier alpha value is -1.06. The fourth-order valence-electron chi connectivity index (χ4n) is 1.70. The first-order valence-corrected chi connectivity index (χ1v) is 5.33. The molecular weight excluding hydrogens is 210 g/mol. The van der Waals surface area contributed by atoms with Gasteiger partial charge in [-0.15, -0.1) is 0 Å². The molecule has 15 heavy (non-hydrogen) atoms. The molecule has 0 saturated heterocycles. The average molecular weight is 224 g/mol. The van der Waals surface area contributed by atoms with Crippen LogP contribution in [0.25, 0.3) is 5.65 Å². The highest BCUT2D eigenvalue weighted by molar-refractivity contribution is 6.30. The van der Waals surface area contributed by atoms with Crippen LogP contribution in [0.3, 0.4) is 0 Å². The minimum absolute atomic E-state index is 0.130. The van der Waals surface area contributed by atoms with Crippen LogP contribution in [0.2, 0.25) is 5.02 Å². The van der Waals surface area contributed by atoms with E-state index in [1.807, 2.05) is 36.7 Å². The lowest BCUT2D eigenvalue weighted by Crippen LogP contribution is -2.17. The molecule has 0 bridgehead atoms. The van der Waals surface area contributed by atoms with Crippen LogP contribution in [0, 0.1) is 6.92 Å². The van der Waals surface area contributed by atoms with Crippen molar-refractivity contribution in [2.24, 2.45) is 5.73 Å². The molecule has 1 unspecified atom stereocenters. The summed E-state index contributed by atoms with van der Waals surface area (Å²) in [6, 6.07) is 2.05. The summed E-state index contributed by atoms with van der Waals surface area (Å²) in [4.78, 5) is 4.52. The molecule has 0 amide bonds. The molecule has 0 aromatic carbocycles. The van der Waals surface area contributed by atoms with Gasteiger partial charge in [0.25, 0.3) is 0 Å². The van der Waals surface area contributed by atoms with E-state index in [0.29, 0.717) is 0 Å². The molecular formula is C11H14ClN3. The summed E-state index contributed by atoms with van der Waals surface area (Å²) in [6.45, 7) is 3.98. The van der Waals surface area contributed by atoms with Crippen LogP contribution in [-0.2, 0) is 6.42 Å². The minimum Gasteiger partial charge on any atom is -0.328 e. The van der Waals surface area contributed by atoms with E-state index >= 15 is 0 Å². The predicted molar refractivity (Wildman–Crippen MR) is 62.3 cm³/mol. The first-order valence-electron chi connectivity index (χ1n) is 4.95. The molecule has 0 radical (unpaired) electrons. The maximum atomic E-state index is 5.97. The number of imidazole rings is 1. The largest absolute Gasteiger partial charge is 0.328 e. The van der Waals surface area contributed by atoms with Gasteiger partial charge < -0.3 is 10.1 Å². The Bertz CT molecular complexity index is 488. The van der Waals surface area contributed by atoms with E-state index in [1.165, 1.54) is 0 Å². The summed E-state index contributed by atoms with van der Waals surface area (Å²) in [5.74, 6) is 0. The first-order chi connectivity index (χ1) is 7.06. The number of aryl methyl sites for hydroxylation is 1. The highest BCUT2D eigenvalue weighted by Crippen LogP contribution is 2.16. The average Bonchev–Trinajstić information content (AvgIpc) is 2.45. The zero-order valence-electron chi connectivity index (χ0n) is 8.87. The molecule has 0 aliphatic carbocycles. The molecule has 2 rings (SSSR count). The lowest BCUT2D eigenvalue weighted by atomic mass is 10.2. The van der Waals surface area contributed by atoms with Gasteiger partial charge in [0.1, 0.15) is 5.65 Å². The molecule has 0 aliphatic rings. The topological polar surface area (TPSA) is 43.3 Å². The van der Waals surface area contributed by atoms with Gasteiger partial charge in [0.05, 0.1) is 10.7 Å². The molecule has 3 nitrogen and oxygen atoms in total. The number of pyridine rings is 1. The Balaban J connectivity index is 2.50. The monoisotopic (exact) mass is 223 g/mol. The van der Waals surface area contributed by atoms with E-state index < -0.39 is 0 Å². The van der Waals surface area contributed by atoms with Crippen LogP contribution >= 0.6 is 11.6 Å². The van der Waals surface area contributed by atoms with Crippen molar-refractivity contribution >= 4 is 17.2 Å². The van der Waals surface area contributed by atoms with Gasteiger partial charge in [-0.2, -0.15) is 0 Å². The summed E-state index contributed by atoms with van der Waals surface area (Å²) in [6.07, 6.45) is 4.64. The summed E-state index contributed by atoms with van der Waals surface area (Å²) >= 11 is 5.97. The number of nitrogens with zero attached hydrogens (tertiary/aromatic N) is 2. The van der Waals surface area contributed by atoms with Crippen molar-refractivity contribution in [3.05, 3.63) is 34.7 Å². The first kappa shape index (κ1) is 10.5. The van der Waals surface area contributed by atoms with Crippen molar-refractivity contribution in [1.29, 1.82) is 0 Å². The van der Waals surface area contributed by atoms with E-state index in [-0.39, 0.29) is 6.04 Å². The quantitative estimate of drug-likeness (QED) is 0.848. The Labute approximate surface area is 93.9 Å². The summed E-state index contributed by atoms with van der Waals surface area (Å²) in [5, 5.41) is 0.727. The lowest BCUT2D eigenvalue weighted by molar-refractivity contribution is 0.726. The van der Waals surface area contributed by atoms with Crippen molar-refractivity contribution < 1.29 is 0 Å². The fourth-order valence-corrected chi connectivity index (χ4v) is 1.97. The van der Waals surface area contributed by atoms with E-state index in [2.05, 4.69) is 4.98 Å². The lowest BCUT2D eigenvalue weighted by Gasteiger charge is -1.98. The van der Waals surface area contributed by atoms with Gasteiger partial charge in [0, 0.05) is 24.9 Å². The normalized spacial score (nSPS) is 13.3. The van der Waals surface area contributed by atoms with Crippen LogP contribution in [0.5, 0.6) is 0 Å². The van der Waals surface area contributed by atoms with Gasteiger partial charge in [0.2, 0.25) is 0 Å². The SMILES string of the molecule is Cc1cc(Cl)cn2cc(CC(C)N)nc12. The van der Waals surface area contributed by atoms with E-state index in [9.17, 15) is 0 Å². The van der Waals surface area contributed by atoms with Gasteiger partial charge in [0.15, 0.2) is 0 Å². The maximum absolute atomic E-state index is 5.97. The molecule has 1 atom stereocenters. The molecule has 2 heterocycles. The Kier molecular flexibility index (Phi) is 2.67. The van der Waals surface area contributed by atoms with E-state index in [1.54, 1.807) is 0 Å². The summed E-state index contributed by atoms with van der Waals surface area (Å²) in [5.41, 5.74) is 8.78. The van der Waals surface area contributed by atoms with Gasteiger partial charge >= 0.3 is 0 Å². The smallest absolute Gasteiger partial charge is 0.140 e. The van der Waals surface area contributed by atoms with Crippen LogP contribution < -0.4 is 5.73 Å². The van der Waals surface area contributed by atoms with Gasteiger partial charge in [-0.1, -0.05) is 11.6 Å². The molecule has 80 valence electrons. The highest BCUT2D eigenvalue weighted by Gasteiger charge is 2.06. The maximum Gasteiger partial charge on any atom is 0.140 e. The molecule has 2 aromatic rings. The third kappa shape index (κ3) is 2.13. The van der Waals surface area contributed by atoms with Crippen molar-refractivity contribution in [3.63, 3.8) is 0 Å². The minimum atomic E-state index is 0.130. The van der Waals surface area contributed by atoms with Crippen LogP contribution in [0.15, 0.2) is 18.5 Å². The molecule has 0 spiro atoms. The second-order valence-corrected chi connectivity index (χ2v) is 4.42. The Morgan fingerprint density at radius 3 is 2.93 bits per heavy atom. The molecule has 0 aliphatic heterocycles. The number of aromatic nitrogens is 2. The van der Waals surface area contributed by atoms with Crippen LogP contribution in [-0.4, -0.2) is 15.4 Å². The molecule has 0 fully saturated rings. The zero-order chi connectivity index (χ0) is 11.0. The van der Waals surface area contributed by atoms with Crippen molar-refractivity contribution in [3.8, 4) is 0 Å². The number of rotatable bonds is 2. The number of halogens is 1. The van der Waals surface area contributed by atoms with Crippen molar-refractivity contribution in [2.45, 2.75) is 26.3 Å². The van der Waals surface area contributed by atoms with Gasteiger partial charge in [-0.05, 0) is 25.5 Å². The highest BCUT2D eigenvalue weighted by atomic mass is 35.5. The number of fused-ring (bicyclic) bond motifs is 1. The summed E-state index contributed by atoms with van der Waals surface area (Å²) in [7, 11) is 0. The van der Waals surface area contributed by atoms with Crippen molar-refractivity contribution in [1.82, 2.24) is 9.38 Å². The molecule has 2 aromatic heterocycles. The number of hydrogen-bond donors (Lipinski definition) is 1. The predicted octanol–water partition coefficient (Wildman–Crippen LogP) is 2.19. The summed E-state index contributed by atoms with van der Waals surface area (Å²) < 4.78 is 1.95. The van der Waals surface area contributed by atoms with Crippen molar-refractivity contribution in [2.75, 3.05) is 0 Å². The van der Waals surface area contributed by atoms with Gasteiger partial charge in [-0.3, -0.25) is 0 Å². The molecule has 4 heteroatoms. The fraction of sp³-hybridized carbons (Fsp3) is 0.364. The Morgan fingerprint density at radius 2 is 2.27 bits per heavy atom. The Morgan fingerprint density at radius 1 is 1.53 bits per heavy atom. The third-order valence-electron chi connectivity index (χ3n) is 2.28.